The van der Waals surface area contributed by atoms with Gasteiger partial charge in [-0.2, -0.15) is 0 Å². The molecule has 1 fully saturated rings. The number of rotatable bonds is 4. The van der Waals surface area contributed by atoms with E-state index >= 15 is 0 Å². The summed E-state index contributed by atoms with van der Waals surface area (Å²) in [5.74, 6) is 0.510. The van der Waals surface area contributed by atoms with Crippen molar-refractivity contribution in [2.45, 2.75) is 6.54 Å². The molecule has 7 heteroatoms. The van der Waals surface area contributed by atoms with Crippen molar-refractivity contribution in [3.63, 3.8) is 0 Å². The monoisotopic (exact) mass is 281 g/mol. The first-order valence-corrected chi connectivity index (χ1v) is 6.51. The molecule has 1 aliphatic rings. The quantitative estimate of drug-likeness (QED) is 0.760. The average molecular weight is 281 g/mol. The molecule has 7 nitrogen and oxygen atoms in total. The van der Waals surface area contributed by atoms with Gasteiger partial charge < -0.3 is 19.8 Å². The van der Waals surface area contributed by atoms with Crippen LogP contribution in [0.25, 0.3) is 0 Å². The van der Waals surface area contributed by atoms with E-state index < -0.39 is 0 Å². The number of carbonyl (C=O) groups is 2. The van der Waals surface area contributed by atoms with Crippen LogP contribution in [-0.4, -0.2) is 61.5 Å². The van der Waals surface area contributed by atoms with Crippen LogP contribution in [0.4, 0.5) is 0 Å². The Labute approximate surface area is 117 Å². The highest BCUT2D eigenvalue weighted by Gasteiger charge is 2.25. The third kappa shape index (κ3) is 3.37. The molecule has 1 aliphatic heterocycles. The summed E-state index contributed by atoms with van der Waals surface area (Å²) in [4.78, 5) is 27.1. The van der Waals surface area contributed by atoms with Crippen molar-refractivity contribution in [1.82, 2.24) is 9.80 Å². The third-order valence-electron chi connectivity index (χ3n) is 3.31. The Bertz CT molecular complexity index is 478. The number of piperazine rings is 1. The highest BCUT2D eigenvalue weighted by molar-refractivity contribution is 5.91. The molecule has 2 heterocycles. The average Bonchev–Trinajstić information content (AvgIpc) is 2.96. The standard InChI is InChI=1S/C13H19N3O4/c1-19-12(17)9-15-4-6-16(7-5-15)13(18)11-3-2-10(8-14)20-11/h2-3H,4-9,14H2,1H3. The normalized spacial score (nSPS) is 16.2. The van der Waals surface area contributed by atoms with Crippen LogP contribution in [0.1, 0.15) is 16.3 Å². The first-order valence-electron chi connectivity index (χ1n) is 6.51. The molecule has 1 saturated heterocycles. The van der Waals surface area contributed by atoms with E-state index in [0.29, 0.717) is 37.7 Å². The Hall–Kier alpha value is -1.86. The predicted molar refractivity (Wildman–Crippen MR) is 71.0 cm³/mol. The SMILES string of the molecule is COC(=O)CN1CCN(C(=O)c2ccc(CN)o2)CC1. The van der Waals surface area contributed by atoms with Gasteiger partial charge in [-0.1, -0.05) is 0 Å². The molecule has 0 radical (unpaired) electrons. The molecule has 0 aromatic carbocycles. The molecule has 0 spiro atoms. The minimum atomic E-state index is -0.261. The molecule has 0 saturated carbocycles. The maximum Gasteiger partial charge on any atom is 0.319 e. The van der Waals surface area contributed by atoms with Gasteiger partial charge in [0.25, 0.3) is 5.91 Å². The van der Waals surface area contributed by atoms with E-state index in [4.69, 9.17) is 10.2 Å². The molecule has 0 unspecified atom stereocenters. The van der Waals surface area contributed by atoms with Gasteiger partial charge in [-0.25, -0.2) is 0 Å². The molecule has 2 N–H and O–H groups in total. The van der Waals surface area contributed by atoms with Gasteiger partial charge >= 0.3 is 5.97 Å². The molecule has 20 heavy (non-hydrogen) atoms. The number of amides is 1. The van der Waals surface area contributed by atoms with Crippen molar-refractivity contribution in [2.75, 3.05) is 39.8 Å². The summed E-state index contributed by atoms with van der Waals surface area (Å²) in [6.07, 6.45) is 0. The van der Waals surface area contributed by atoms with Crippen LogP contribution in [-0.2, 0) is 16.1 Å². The number of hydrogen-bond donors (Lipinski definition) is 1. The minimum Gasteiger partial charge on any atom is -0.468 e. The maximum absolute atomic E-state index is 12.2. The maximum atomic E-state index is 12.2. The molecule has 1 aromatic heterocycles. The Kier molecular flexibility index (Phi) is 4.75. The van der Waals surface area contributed by atoms with E-state index in [1.54, 1.807) is 17.0 Å². The van der Waals surface area contributed by atoms with Gasteiger partial charge in [0.1, 0.15) is 5.76 Å². The fourth-order valence-corrected chi connectivity index (χ4v) is 2.11. The Morgan fingerprint density at radius 1 is 1.30 bits per heavy atom. The fourth-order valence-electron chi connectivity index (χ4n) is 2.11. The van der Waals surface area contributed by atoms with Gasteiger partial charge in [0.15, 0.2) is 5.76 Å². The van der Waals surface area contributed by atoms with Crippen molar-refractivity contribution in [2.24, 2.45) is 5.73 Å². The second kappa shape index (κ2) is 6.53. The van der Waals surface area contributed by atoms with E-state index in [1.807, 2.05) is 4.90 Å². The number of ether oxygens (including phenoxy) is 1. The van der Waals surface area contributed by atoms with Crippen molar-refractivity contribution in [3.8, 4) is 0 Å². The number of methoxy groups -OCH3 is 1. The van der Waals surface area contributed by atoms with Crippen molar-refractivity contribution >= 4 is 11.9 Å². The van der Waals surface area contributed by atoms with Crippen LogP contribution in [0.15, 0.2) is 16.5 Å². The minimum absolute atomic E-state index is 0.137. The van der Waals surface area contributed by atoms with Gasteiger partial charge in [-0.3, -0.25) is 14.5 Å². The Morgan fingerprint density at radius 3 is 2.55 bits per heavy atom. The number of hydrogen-bond acceptors (Lipinski definition) is 6. The summed E-state index contributed by atoms with van der Waals surface area (Å²) < 4.78 is 9.98. The molecule has 0 bridgehead atoms. The number of nitrogens with two attached hydrogens (primary N) is 1. The van der Waals surface area contributed by atoms with Crippen molar-refractivity contribution in [3.05, 3.63) is 23.7 Å². The Balaban J connectivity index is 1.87. The van der Waals surface area contributed by atoms with Crippen LogP contribution in [0.3, 0.4) is 0 Å². The lowest BCUT2D eigenvalue weighted by molar-refractivity contribution is -0.142. The second-order valence-corrected chi connectivity index (χ2v) is 4.61. The summed E-state index contributed by atoms with van der Waals surface area (Å²) in [7, 11) is 1.37. The van der Waals surface area contributed by atoms with E-state index in [-0.39, 0.29) is 25.0 Å². The number of furan rings is 1. The zero-order valence-corrected chi connectivity index (χ0v) is 11.5. The van der Waals surface area contributed by atoms with Gasteiger partial charge in [0.05, 0.1) is 20.2 Å². The molecule has 1 aromatic rings. The second-order valence-electron chi connectivity index (χ2n) is 4.61. The largest absolute Gasteiger partial charge is 0.468 e. The molecule has 110 valence electrons. The van der Waals surface area contributed by atoms with Gasteiger partial charge in [-0.05, 0) is 12.1 Å². The summed E-state index contributed by atoms with van der Waals surface area (Å²) >= 11 is 0. The lowest BCUT2D eigenvalue weighted by atomic mass is 10.3. The molecule has 2 rings (SSSR count). The third-order valence-corrected chi connectivity index (χ3v) is 3.31. The highest BCUT2D eigenvalue weighted by atomic mass is 16.5. The van der Waals surface area contributed by atoms with E-state index in [2.05, 4.69) is 4.74 Å². The van der Waals surface area contributed by atoms with Crippen LogP contribution in [0.2, 0.25) is 0 Å². The summed E-state index contributed by atoms with van der Waals surface area (Å²) in [5.41, 5.74) is 5.45. The van der Waals surface area contributed by atoms with Crippen LogP contribution >= 0.6 is 0 Å². The van der Waals surface area contributed by atoms with Gasteiger partial charge in [0.2, 0.25) is 0 Å². The zero-order valence-electron chi connectivity index (χ0n) is 11.5. The lowest BCUT2D eigenvalue weighted by Gasteiger charge is -2.33. The number of nitrogens with zero attached hydrogens (tertiary/aromatic N) is 2. The van der Waals surface area contributed by atoms with E-state index in [1.165, 1.54) is 7.11 Å². The van der Waals surface area contributed by atoms with Crippen LogP contribution in [0.5, 0.6) is 0 Å². The van der Waals surface area contributed by atoms with Crippen molar-refractivity contribution in [1.29, 1.82) is 0 Å². The lowest BCUT2D eigenvalue weighted by Crippen LogP contribution is -2.50. The zero-order chi connectivity index (χ0) is 14.5. The van der Waals surface area contributed by atoms with Gasteiger partial charge in [0, 0.05) is 26.2 Å². The first kappa shape index (κ1) is 14.5. The van der Waals surface area contributed by atoms with Crippen LogP contribution in [0, 0.1) is 0 Å². The van der Waals surface area contributed by atoms with E-state index in [0.717, 1.165) is 0 Å². The summed E-state index contributed by atoms with van der Waals surface area (Å²) in [6.45, 7) is 2.95. The van der Waals surface area contributed by atoms with Crippen LogP contribution < -0.4 is 5.73 Å². The summed E-state index contributed by atoms with van der Waals surface area (Å²) in [5, 5.41) is 0. The Morgan fingerprint density at radius 2 is 2.00 bits per heavy atom. The first-order chi connectivity index (χ1) is 9.63. The smallest absolute Gasteiger partial charge is 0.319 e. The number of carbonyl (C=O) groups excluding carboxylic acids is 2. The van der Waals surface area contributed by atoms with Gasteiger partial charge in [-0.15, -0.1) is 0 Å². The van der Waals surface area contributed by atoms with Crippen molar-refractivity contribution < 1.29 is 18.7 Å². The summed E-state index contributed by atoms with van der Waals surface area (Å²) in [6, 6.07) is 3.35. The molecular formula is C13H19N3O4. The molecular weight excluding hydrogens is 262 g/mol. The molecule has 0 atom stereocenters. The topological polar surface area (TPSA) is 89.0 Å². The molecule has 1 amide bonds. The fraction of sp³-hybridized carbons (Fsp3) is 0.538. The van der Waals surface area contributed by atoms with E-state index in [9.17, 15) is 9.59 Å². The number of esters is 1. The predicted octanol–water partition coefficient (Wildman–Crippen LogP) is -0.331. The molecule has 0 aliphatic carbocycles. The highest BCUT2D eigenvalue weighted by Crippen LogP contribution is 2.12.